The summed E-state index contributed by atoms with van der Waals surface area (Å²) in [5, 5.41) is 31.0. The van der Waals surface area contributed by atoms with Crippen LogP contribution >= 0.6 is 0 Å². The van der Waals surface area contributed by atoms with Crippen molar-refractivity contribution in [2.75, 3.05) is 20.8 Å². The molecule has 0 bridgehead atoms. The molecule has 1 saturated heterocycles. The van der Waals surface area contributed by atoms with Gasteiger partial charge in [0.1, 0.15) is 30.5 Å². The zero-order valence-corrected chi connectivity index (χ0v) is 26.5. The molecule has 2 heterocycles. The predicted molar refractivity (Wildman–Crippen MR) is 166 cm³/mol. The van der Waals surface area contributed by atoms with Crippen LogP contribution in [0.5, 0.6) is 0 Å². The van der Waals surface area contributed by atoms with Gasteiger partial charge in [-0.2, -0.15) is 0 Å². The van der Waals surface area contributed by atoms with Gasteiger partial charge >= 0.3 is 5.97 Å². The number of carbonyl (C=O) groups is 1. The van der Waals surface area contributed by atoms with Crippen LogP contribution < -0.4 is 0 Å². The first kappa shape index (κ1) is 36.8. The molecule has 0 amide bonds. The van der Waals surface area contributed by atoms with Gasteiger partial charge in [0.2, 0.25) is 0 Å². The molecule has 2 rings (SSSR count). The Hall–Kier alpha value is -2.37. The van der Waals surface area contributed by atoms with E-state index in [1.165, 1.54) is 7.11 Å². The van der Waals surface area contributed by atoms with Crippen LogP contribution in [-0.4, -0.2) is 91.1 Å². The van der Waals surface area contributed by atoms with Gasteiger partial charge < -0.3 is 39.0 Å². The van der Waals surface area contributed by atoms with Crippen molar-refractivity contribution in [2.45, 2.75) is 109 Å². The van der Waals surface area contributed by atoms with Crippen molar-refractivity contribution in [1.29, 1.82) is 0 Å². The van der Waals surface area contributed by atoms with E-state index in [0.29, 0.717) is 18.8 Å². The number of cyclic esters (lactones) is 1. The Bertz CT molecular complexity index is 1010. The number of carbonyl (C=O) groups excluding carboxylic acids is 1. The average molecular weight is 605 g/mol. The van der Waals surface area contributed by atoms with Crippen LogP contribution in [0.25, 0.3) is 0 Å². The molecule has 0 aromatic heterocycles. The lowest BCUT2D eigenvalue weighted by Gasteiger charge is -2.42. The minimum Gasteiger partial charge on any atom is -0.458 e. The topological polar surface area (TPSA) is 124 Å². The zero-order chi connectivity index (χ0) is 31.8. The maximum atomic E-state index is 13.3. The fourth-order valence-corrected chi connectivity index (χ4v) is 5.11. The van der Waals surface area contributed by atoms with Crippen LogP contribution in [-0.2, 0) is 28.5 Å². The van der Waals surface area contributed by atoms with Crippen molar-refractivity contribution in [3.05, 3.63) is 71.9 Å². The van der Waals surface area contributed by atoms with E-state index in [2.05, 4.69) is 19.1 Å². The number of aliphatic hydroxyl groups is 3. The van der Waals surface area contributed by atoms with E-state index in [1.807, 2.05) is 63.3 Å². The Morgan fingerprint density at radius 1 is 1.07 bits per heavy atom. The van der Waals surface area contributed by atoms with Crippen molar-refractivity contribution in [1.82, 2.24) is 0 Å². The molecular weight excluding hydrogens is 552 g/mol. The third-order valence-corrected chi connectivity index (χ3v) is 7.50. The van der Waals surface area contributed by atoms with Gasteiger partial charge in [0, 0.05) is 20.6 Å². The first-order valence-corrected chi connectivity index (χ1v) is 15.1. The van der Waals surface area contributed by atoms with Crippen molar-refractivity contribution in [3.63, 3.8) is 0 Å². The Morgan fingerprint density at radius 2 is 1.79 bits per heavy atom. The van der Waals surface area contributed by atoms with Gasteiger partial charge in [-0.3, -0.25) is 4.79 Å². The van der Waals surface area contributed by atoms with Crippen LogP contribution in [0.15, 0.2) is 71.9 Å². The summed E-state index contributed by atoms with van der Waals surface area (Å²) in [6, 6.07) is 0. The minimum atomic E-state index is -1.36. The Morgan fingerprint density at radius 3 is 2.44 bits per heavy atom. The second kappa shape index (κ2) is 19.8. The number of ether oxygens (including phenoxy) is 5. The van der Waals surface area contributed by atoms with E-state index in [0.717, 1.165) is 24.0 Å². The van der Waals surface area contributed by atoms with Gasteiger partial charge in [-0.05, 0) is 57.6 Å². The van der Waals surface area contributed by atoms with Gasteiger partial charge in [0.25, 0.3) is 0 Å². The van der Waals surface area contributed by atoms with Gasteiger partial charge in [-0.1, -0.05) is 67.2 Å². The number of allylic oxidation sites excluding steroid dienone is 7. The van der Waals surface area contributed by atoms with Crippen molar-refractivity contribution in [2.24, 2.45) is 5.92 Å². The number of rotatable bonds is 8. The summed E-state index contributed by atoms with van der Waals surface area (Å²) >= 11 is 0. The summed E-state index contributed by atoms with van der Waals surface area (Å²) in [5.41, 5.74) is 2.17. The summed E-state index contributed by atoms with van der Waals surface area (Å²) in [6.45, 7) is 7.66. The third kappa shape index (κ3) is 12.6. The minimum absolute atomic E-state index is 0.154. The van der Waals surface area contributed by atoms with E-state index < -0.39 is 55.5 Å². The van der Waals surface area contributed by atoms with E-state index in [-0.39, 0.29) is 12.5 Å². The molecule has 0 spiro atoms. The third-order valence-electron chi connectivity index (χ3n) is 7.50. The molecule has 0 radical (unpaired) electrons. The Labute approximate surface area is 257 Å². The molecule has 9 atom stereocenters. The fraction of sp³-hybridized carbons (Fsp3) is 0.618. The summed E-state index contributed by atoms with van der Waals surface area (Å²) in [7, 11) is 3.01. The molecule has 1 fully saturated rings. The first-order chi connectivity index (χ1) is 20.6. The second-order valence-electron chi connectivity index (χ2n) is 11.2. The molecule has 0 aliphatic carbocycles. The highest BCUT2D eigenvalue weighted by Crippen LogP contribution is 2.26. The molecule has 9 heteroatoms. The smallest absolute Gasteiger partial charge is 0.309 e. The Kier molecular flexibility index (Phi) is 17.0. The van der Waals surface area contributed by atoms with Crippen LogP contribution in [0.4, 0.5) is 0 Å². The lowest BCUT2D eigenvalue weighted by molar-refractivity contribution is -0.311. The standard InChI is InChI=1S/C34H52O9/c1-7-8-14-24(3)20-26-16-12-10-9-11-15-23(2)19-25(4)28(39-5)18-13-17-27(21-30(36)41-26)42-34-32(38)33(40-6)31(37)29(22-35)43-34/h7-13,17,19-20,23,26-29,31-35,37-38H,14-16,18,21-22H2,1-6H3/b8-7+,11-9+,12-10+,17-13+,24-20-,25-19+/t23-,26+,27?,28-,29+,31+,32+,33-,34+/m0/s1. The zero-order valence-electron chi connectivity index (χ0n) is 26.5. The Balaban J connectivity index is 2.38. The quantitative estimate of drug-likeness (QED) is 0.272. The molecule has 0 aromatic rings. The maximum Gasteiger partial charge on any atom is 0.309 e. The summed E-state index contributed by atoms with van der Waals surface area (Å²) in [4.78, 5) is 13.3. The number of hydrogen-bond donors (Lipinski definition) is 3. The number of esters is 1. The maximum absolute atomic E-state index is 13.3. The molecule has 9 nitrogen and oxygen atoms in total. The van der Waals surface area contributed by atoms with Crippen LogP contribution in [0.2, 0.25) is 0 Å². The van der Waals surface area contributed by atoms with E-state index in [1.54, 1.807) is 13.2 Å². The number of hydrogen-bond acceptors (Lipinski definition) is 9. The number of methoxy groups -OCH3 is 2. The lowest BCUT2D eigenvalue weighted by atomic mass is 9.98. The highest BCUT2D eigenvalue weighted by Gasteiger charge is 2.46. The number of aliphatic hydroxyl groups excluding tert-OH is 3. The van der Waals surface area contributed by atoms with Gasteiger partial charge in [0.05, 0.1) is 25.2 Å². The highest BCUT2D eigenvalue weighted by atomic mass is 16.7. The largest absolute Gasteiger partial charge is 0.458 e. The van der Waals surface area contributed by atoms with Crippen molar-refractivity contribution in [3.8, 4) is 0 Å². The van der Waals surface area contributed by atoms with Crippen LogP contribution in [0.1, 0.15) is 59.8 Å². The molecule has 2 aliphatic heterocycles. The molecule has 3 N–H and O–H groups in total. The SMILES string of the molecule is C/C=C/C/C(C)=C\[C@H]1C/C=C/C=C/C[C@H](C)/C=C(\C)[C@@H](OC)C/C=C/C(O[C@@H]2O[C@H](CO)[C@@H](O)[C@H](OC)[C@H]2O)CC(=O)O1. The van der Waals surface area contributed by atoms with Crippen LogP contribution in [0, 0.1) is 5.92 Å². The molecule has 1 unspecified atom stereocenters. The summed E-state index contributed by atoms with van der Waals surface area (Å²) < 4.78 is 28.7. The predicted octanol–water partition coefficient (Wildman–Crippen LogP) is 4.49. The summed E-state index contributed by atoms with van der Waals surface area (Å²) in [6.07, 6.45) is 14.9. The van der Waals surface area contributed by atoms with Gasteiger partial charge in [0.15, 0.2) is 6.29 Å². The summed E-state index contributed by atoms with van der Waals surface area (Å²) in [5.74, 6) is -0.166. The molecule has 0 saturated carbocycles. The average Bonchev–Trinajstić information content (AvgIpc) is 2.96. The molecule has 0 aromatic carbocycles. The normalized spacial score (nSPS) is 37.5. The van der Waals surface area contributed by atoms with E-state index >= 15 is 0 Å². The van der Waals surface area contributed by atoms with E-state index in [4.69, 9.17) is 23.7 Å². The van der Waals surface area contributed by atoms with Crippen molar-refractivity contribution < 1.29 is 43.8 Å². The van der Waals surface area contributed by atoms with E-state index in [9.17, 15) is 20.1 Å². The lowest BCUT2D eigenvalue weighted by Crippen LogP contribution is -2.60. The van der Waals surface area contributed by atoms with Gasteiger partial charge in [-0.25, -0.2) is 0 Å². The monoisotopic (exact) mass is 604 g/mol. The molecule has 2 aliphatic rings. The van der Waals surface area contributed by atoms with Crippen molar-refractivity contribution >= 4 is 5.97 Å². The molecule has 43 heavy (non-hydrogen) atoms. The van der Waals surface area contributed by atoms with Crippen LogP contribution in [0.3, 0.4) is 0 Å². The first-order valence-electron chi connectivity index (χ1n) is 15.1. The molecular formula is C34H52O9. The highest BCUT2D eigenvalue weighted by molar-refractivity contribution is 5.70. The fourth-order valence-electron chi connectivity index (χ4n) is 5.11. The van der Waals surface area contributed by atoms with Gasteiger partial charge in [-0.15, -0.1) is 0 Å². The molecule has 242 valence electrons. The second-order valence-corrected chi connectivity index (χ2v) is 11.2.